The van der Waals surface area contributed by atoms with Gasteiger partial charge in [-0.15, -0.1) is 0 Å². The molecule has 1 aliphatic carbocycles. The van der Waals surface area contributed by atoms with Gasteiger partial charge in [0.25, 0.3) is 0 Å². The van der Waals surface area contributed by atoms with Crippen LogP contribution in [0.2, 0.25) is 0 Å². The number of Topliss-reactive ketones (excluding diaryl/α,β-unsaturated/α-hetero) is 1. The van der Waals surface area contributed by atoms with Gasteiger partial charge in [-0.2, -0.15) is 13.2 Å². The first-order valence-corrected chi connectivity index (χ1v) is 6.81. The maximum atomic E-state index is 12.8. The number of imidazole rings is 1. The van der Waals surface area contributed by atoms with Crippen molar-refractivity contribution in [1.29, 1.82) is 0 Å². The van der Waals surface area contributed by atoms with Crippen LogP contribution < -0.4 is 0 Å². The van der Waals surface area contributed by atoms with E-state index in [1.807, 2.05) is 0 Å². The number of aryl methyl sites for hydroxylation is 1. The molecule has 4 nitrogen and oxygen atoms in total. The molecule has 3 rings (SSSR count). The Balaban J connectivity index is 2.26. The van der Waals surface area contributed by atoms with Gasteiger partial charge in [0.15, 0.2) is 0 Å². The lowest BCUT2D eigenvalue weighted by atomic mass is 9.89. The maximum absolute atomic E-state index is 12.8. The number of fused-ring (bicyclic) bond motifs is 3. The molecule has 116 valence electrons. The Hall–Kier alpha value is -2.15. The monoisotopic (exact) mass is 310 g/mol. The largest absolute Gasteiger partial charge is 0.406 e. The molecule has 1 aromatic heterocycles. The Morgan fingerprint density at radius 3 is 2.64 bits per heavy atom. The second kappa shape index (κ2) is 4.95. The first kappa shape index (κ1) is 14.8. The van der Waals surface area contributed by atoms with Gasteiger partial charge in [-0.05, 0) is 5.56 Å². The zero-order valence-electron chi connectivity index (χ0n) is 11.7. The van der Waals surface area contributed by atoms with Crippen LogP contribution in [0, 0.1) is 0 Å². The highest BCUT2D eigenvalue weighted by molar-refractivity contribution is 6.07. The zero-order chi connectivity index (χ0) is 16.1. The van der Waals surface area contributed by atoms with Crippen LogP contribution in [-0.2, 0) is 13.0 Å². The third-order valence-electron chi connectivity index (χ3n) is 3.69. The molecule has 0 spiro atoms. The summed E-state index contributed by atoms with van der Waals surface area (Å²) in [4.78, 5) is 16.5. The predicted octanol–water partition coefficient (Wildman–Crippen LogP) is 2.90. The summed E-state index contributed by atoms with van der Waals surface area (Å²) in [5.74, 6) is -0.565. The minimum atomic E-state index is -4.47. The van der Waals surface area contributed by atoms with E-state index in [1.165, 1.54) is 0 Å². The van der Waals surface area contributed by atoms with Crippen LogP contribution in [0.15, 0.2) is 24.3 Å². The van der Waals surface area contributed by atoms with Gasteiger partial charge in [-0.1, -0.05) is 31.2 Å². The number of carbonyl (C=O) groups excluding carboxylic acids is 1. The van der Waals surface area contributed by atoms with E-state index in [1.54, 1.807) is 31.2 Å². The van der Waals surface area contributed by atoms with Gasteiger partial charge in [0, 0.05) is 12.0 Å². The second-order valence-electron chi connectivity index (χ2n) is 5.13. The van der Waals surface area contributed by atoms with E-state index >= 15 is 0 Å². The molecule has 1 unspecified atom stereocenters. The Morgan fingerprint density at radius 2 is 2.00 bits per heavy atom. The SMILES string of the molecule is CCc1nc2c(n1CC(F)(F)F)C(=O)C(O)c1ccccc1-2. The zero-order valence-corrected chi connectivity index (χ0v) is 11.7. The molecular weight excluding hydrogens is 297 g/mol. The summed E-state index contributed by atoms with van der Waals surface area (Å²) in [6.07, 6.45) is -5.67. The van der Waals surface area contributed by atoms with Crippen molar-refractivity contribution in [1.82, 2.24) is 9.55 Å². The maximum Gasteiger partial charge on any atom is 0.406 e. The van der Waals surface area contributed by atoms with E-state index < -0.39 is 24.6 Å². The minimum Gasteiger partial charge on any atom is -0.380 e. The number of rotatable bonds is 2. The van der Waals surface area contributed by atoms with Crippen molar-refractivity contribution in [2.75, 3.05) is 0 Å². The van der Waals surface area contributed by atoms with E-state index in [0.29, 0.717) is 11.1 Å². The number of carbonyl (C=O) groups is 1. The summed E-state index contributed by atoms with van der Waals surface area (Å²) >= 11 is 0. The van der Waals surface area contributed by atoms with E-state index in [-0.39, 0.29) is 23.6 Å². The lowest BCUT2D eigenvalue weighted by Crippen LogP contribution is -2.26. The van der Waals surface area contributed by atoms with Crippen LogP contribution in [0.5, 0.6) is 0 Å². The fourth-order valence-electron chi connectivity index (χ4n) is 2.78. The summed E-state index contributed by atoms with van der Waals surface area (Å²) in [5.41, 5.74) is 0.923. The average molecular weight is 310 g/mol. The molecule has 0 fully saturated rings. The number of halogens is 3. The number of aliphatic hydroxyl groups is 1. The molecule has 1 N–H and O–H groups in total. The summed E-state index contributed by atoms with van der Waals surface area (Å²) < 4.78 is 39.3. The van der Waals surface area contributed by atoms with Crippen molar-refractivity contribution in [3.05, 3.63) is 41.3 Å². The molecule has 22 heavy (non-hydrogen) atoms. The van der Waals surface area contributed by atoms with Crippen molar-refractivity contribution >= 4 is 5.78 Å². The first-order valence-electron chi connectivity index (χ1n) is 6.81. The van der Waals surface area contributed by atoms with E-state index in [4.69, 9.17) is 0 Å². The molecule has 0 bridgehead atoms. The molecule has 0 saturated heterocycles. The smallest absolute Gasteiger partial charge is 0.380 e. The van der Waals surface area contributed by atoms with Crippen molar-refractivity contribution in [2.24, 2.45) is 0 Å². The van der Waals surface area contributed by atoms with E-state index in [0.717, 1.165) is 4.57 Å². The van der Waals surface area contributed by atoms with Crippen LogP contribution in [0.3, 0.4) is 0 Å². The Morgan fingerprint density at radius 1 is 1.32 bits per heavy atom. The Kier molecular flexibility index (Phi) is 3.32. The highest BCUT2D eigenvalue weighted by Crippen LogP contribution is 2.39. The van der Waals surface area contributed by atoms with Crippen LogP contribution in [0.25, 0.3) is 11.3 Å². The minimum absolute atomic E-state index is 0.166. The number of alkyl halides is 3. The standard InChI is InChI=1S/C15H13F3N2O2/c1-2-10-19-11-8-5-3-4-6-9(8)13(21)14(22)12(11)20(10)7-15(16,17)18/h3-6,13,21H,2,7H2,1H3. The van der Waals surface area contributed by atoms with Crippen molar-refractivity contribution in [3.8, 4) is 11.3 Å². The fourth-order valence-corrected chi connectivity index (χ4v) is 2.78. The lowest BCUT2D eigenvalue weighted by molar-refractivity contribution is -0.141. The number of ketones is 1. The molecule has 7 heteroatoms. The quantitative estimate of drug-likeness (QED) is 0.928. The fraction of sp³-hybridized carbons (Fsp3) is 0.333. The molecule has 0 saturated carbocycles. The third kappa shape index (κ3) is 2.21. The van der Waals surface area contributed by atoms with Gasteiger partial charge in [0.2, 0.25) is 5.78 Å². The number of benzene rings is 1. The number of hydrogen-bond acceptors (Lipinski definition) is 3. The van der Waals surface area contributed by atoms with Gasteiger partial charge in [-0.3, -0.25) is 4.79 Å². The molecule has 0 aliphatic heterocycles. The van der Waals surface area contributed by atoms with Crippen LogP contribution in [-0.4, -0.2) is 26.6 Å². The summed E-state index contributed by atoms with van der Waals surface area (Å²) in [7, 11) is 0. The number of aromatic nitrogens is 2. The average Bonchev–Trinajstić information content (AvgIpc) is 2.81. The molecule has 1 aromatic carbocycles. The topological polar surface area (TPSA) is 55.1 Å². The molecule has 0 radical (unpaired) electrons. The summed E-state index contributed by atoms with van der Waals surface area (Å²) in [6.45, 7) is 0.382. The number of aliphatic hydroxyl groups excluding tert-OH is 1. The van der Waals surface area contributed by atoms with Crippen LogP contribution >= 0.6 is 0 Å². The van der Waals surface area contributed by atoms with Crippen molar-refractivity contribution in [3.63, 3.8) is 0 Å². The van der Waals surface area contributed by atoms with Gasteiger partial charge in [0.05, 0.1) is 0 Å². The Bertz CT molecular complexity index is 750. The van der Waals surface area contributed by atoms with Crippen molar-refractivity contribution in [2.45, 2.75) is 32.2 Å². The molecular formula is C15H13F3N2O2. The van der Waals surface area contributed by atoms with Gasteiger partial charge in [0.1, 0.15) is 29.9 Å². The first-order chi connectivity index (χ1) is 10.3. The lowest BCUT2D eigenvalue weighted by Gasteiger charge is -2.21. The summed E-state index contributed by atoms with van der Waals surface area (Å²) in [5, 5.41) is 10.1. The van der Waals surface area contributed by atoms with Crippen LogP contribution in [0.1, 0.15) is 34.9 Å². The molecule has 0 amide bonds. The van der Waals surface area contributed by atoms with Gasteiger partial charge in [-0.25, -0.2) is 4.98 Å². The third-order valence-corrected chi connectivity index (χ3v) is 3.69. The van der Waals surface area contributed by atoms with Gasteiger partial charge >= 0.3 is 6.18 Å². The molecule has 1 aliphatic rings. The highest BCUT2D eigenvalue weighted by atomic mass is 19.4. The van der Waals surface area contributed by atoms with E-state index in [2.05, 4.69) is 4.98 Å². The molecule has 2 aromatic rings. The second-order valence-corrected chi connectivity index (χ2v) is 5.13. The highest BCUT2D eigenvalue weighted by Gasteiger charge is 2.39. The summed E-state index contributed by atoms with van der Waals surface area (Å²) in [6, 6.07) is 6.58. The molecule has 1 atom stereocenters. The predicted molar refractivity (Wildman–Crippen MR) is 72.4 cm³/mol. The Labute approximate surface area is 124 Å². The normalized spacial score (nSPS) is 17.3. The van der Waals surface area contributed by atoms with Crippen LogP contribution in [0.4, 0.5) is 13.2 Å². The molecule has 1 heterocycles. The van der Waals surface area contributed by atoms with Gasteiger partial charge < -0.3 is 9.67 Å². The van der Waals surface area contributed by atoms with E-state index in [9.17, 15) is 23.1 Å². The van der Waals surface area contributed by atoms with Crippen molar-refractivity contribution < 1.29 is 23.1 Å². The number of hydrogen-bond donors (Lipinski definition) is 1. The number of nitrogens with zero attached hydrogens (tertiary/aromatic N) is 2.